The van der Waals surface area contributed by atoms with Crippen LogP contribution in [-0.4, -0.2) is 0 Å². The second-order valence-corrected chi connectivity index (χ2v) is 3.74. The van der Waals surface area contributed by atoms with E-state index in [-0.39, 0.29) is 18.2 Å². The third-order valence-corrected chi connectivity index (χ3v) is 2.46. The summed E-state index contributed by atoms with van der Waals surface area (Å²) >= 11 is 0. The van der Waals surface area contributed by atoms with E-state index in [1.54, 1.807) is 18.2 Å². The lowest BCUT2D eigenvalue weighted by atomic mass is 10.2. The fourth-order valence-corrected chi connectivity index (χ4v) is 1.57. The molecule has 0 saturated carbocycles. The maximum Gasteiger partial charge on any atom is 0.165 e. The van der Waals surface area contributed by atoms with Gasteiger partial charge in [-0.1, -0.05) is 12.1 Å². The Kier molecular flexibility index (Phi) is 3.44. The van der Waals surface area contributed by atoms with Gasteiger partial charge in [-0.2, -0.15) is 0 Å². The van der Waals surface area contributed by atoms with E-state index in [4.69, 9.17) is 14.9 Å². The van der Waals surface area contributed by atoms with Crippen molar-refractivity contribution in [2.45, 2.75) is 20.1 Å². The summed E-state index contributed by atoms with van der Waals surface area (Å²) < 4.78 is 24.0. The molecule has 90 valence electrons. The molecule has 1 heterocycles. The number of para-hydroxylation sites is 1. The molecule has 0 amide bonds. The number of hydrogen-bond donors (Lipinski definition) is 1. The maximum atomic E-state index is 13.3. The van der Waals surface area contributed by atoms with E-state index < -0.39 is 0 Å². The molecule has 0 aliphatic heterocycles. The standard InChI is InChI=1S/C13H14FNO2/c1-9-6-10(17-13(9)7-15)8-16-12-5-3-2-4-11(12)14/h2-6H,7-8,15H2,1H3. The lowest BCUT2D eigenvalue weighted by Crippen LogP contribution is -1.97. The topological polar surface area (TPSA) is 48.4 Å². The number of nitrogens with two attached hydrogens (primary N) is 1. The lowest BCUT2D eigenvalue weighted by molar-refractivity contribution is 0.255. The quantitative estimate of drug-likeness (QED) is 0.886. The van der Waals surface area contributed by atoms with Crippen LogP contribution >= 0.6 is 0 Å². The van der Waals surface area contributed by atoms with Crippen molar-refractivity contribution in [3.63, 3.8) is 0 Å². The minimum Gasteiger partial charge on any atom is -0.483 e. The molecule has 0 radical (unpaired) electrons. The summed E-state index contributed by atoms with van der Waals surface area (Å²) in [4.78, 5) is 0. The van der Waals surface area contributed by atoms with Crippen LogP contribution in [0, 0.1) is 12.7 Å². The predicted octanol–water partition coefficient (Wildman–Crippen LogP) is 2.76. The van der Waals surface area contributed by atoms with E-state index in [0.29, 0.717) is 12.3 Å². The third-order valence-electron chi connectivity index (χ3n) is 2.46. The zero-order chi connectivity index (χ0) is 12.3. The largest absolute Gasteiger partial charge is 0.483 e. The Morgan fingerprint density at radius 1 is 1.35 bits per heavy atom. The van der Waals surface area contributed by atoms with Gasteiger partial charge in [-0.25, -0.2) is 4.39 Å². The Hall–Kier alpha value is -1.81. The third kappa shape index (κ3) is 2.65. The van der Waals surface area contributed by atoms with Crippen molar-refractivity contribution in [3.8, 4) is 5.75 Å². The molecule has 1 aromatic carbocycles. The summed E-state index contributed by atoms with van der Waals surface area (Å²) in [6.45, 7) is 2.46. The molecule has 17 heavy (non-hydrogen) atoms. The number of rotatable bonds is 4. The van der Waals surface area contributed by atoms with Crippen LogP contribution in [0.1, 0.15) is 17.1 Å². The van der Waals surface area contributed by atoms with Gasteiger partial charge in [0.15, 0.2) is 11.6 Å². The Balaban J connectivity index is 2.05. The van der Waals surface area contributed by atoms with Gasteiger partial charge in [0.05, 0.1) is 6.54 Å². The van der Waals surface area contributed by atoms with Crippen LogP contribution in [0.5, 0.6) is 5.75 Å². The van der Waals surface area contributed by atoms with Crippen LogP contribution in [0.15, 0.2) is 34.7 Å². The van der Waals surface area contributed by atoms with E-state index >= 15 is 0 Å². The summed E-state index contributed by atoms with van der Waals surface area (Å²) in [6, 6.07) is 8.12. The predicted molar refractivity (Wildman–Crippen MR) is 62.1 cm³/mol. The molecule has 2 aromatic rings. The van der Waals surface area contributed by atoms with Gasteiger partial charge in [0.1, 0.15) is 18.1 Å². The molecular formula is C13H14FNO2. The molecule has 1 aromatic heterocycles. The zero-order valence-corrected chi connectivity index (χ0v) is 9.57. The van der Waals surface area contributed by atoms with Gasteiger partial charge >= 0.3 is 0 Å². The highest BCUT2D eigenvalue weighted by Crippen LogP contribution is 2.19. The van der Waals surface area contributed by atoms with E-state index in [2.05, 4.69) is 0 Å². The fraction of sp³-hybridized carbons (Fsp3) is 0.231. The maximum absolute atomic E-state index is 13.3. The number of aryl methyl sites for hydroxylation is 1. The average Bonchev–Trinajstić information content (AvgIpc) is 2.69. The van der Waals surface area contributed by atoms with Crippen molar-refractivity contribution in [1.82, 2.24) is 0 Å². The first-order chi connectivity index (χ1) is 8.20. The number of benzene rings is 1. The molecule has 2 N–H and O–H groups in total. The van der Waals surface area contributed by atoms with Crippen molar-refractivity contribution in [2.24, 2.45) is 5.73 Å². The second kappa shape index (κ2) is 5.01. The Morgan fingerprint density at radius 3 is 2.76 bits per heavy atom. The first-order valence-corrected chi connectivity index (χ1v) is 5.36. The smallest absolute Gasteiger partial charge is 0.165 e. The van der Waals surface area contributed by atoms with Crippen molar-refractivity contribution >= 4 is 0 Å². The van der Waals surface area contributed by atoms with E-state index in [1.165, 1.54) is 6.07 Å². The molecule has 0 spiro atoms. The summed E-state index contributed by atoms with van der Waals surface area (Å²) in [5.41, 5.74) is 6.49. The highest BCUT2D eigenvalue weighted by molar-refractivity contribution is 5.24. The number of hydrogen-bond acceptors (Lipinski definition) is 3. The van der Waals surface area contributed by atoms with Crippen LogP contribution in [0.2, 0.25) is 0 Å². The van der Waals surface area contributed by atoms with Gasteiger partial charge in [-0.3, -0.25) is 0 Å². The lowest BCUT2D eigenvalue weighted by Gasteiger charge is -2.04. The highest BCUT2D eigenvalue weighted by Gasteiger charge is 2.08. The minimum absolute atomic E-state index is 0.196. The monoisotopic (exact) mass is 235 g/mol. The SMILES string of the molecule is Cc1cc(COc2ccccc2F)oc1CN. The van der Waals surface area contributed by atoms with Crippen molar-refractivity contribution < 1.29 is 13.5 Å². The minimum atomic E-state index is -0.380. The number of ether oxygens (including phenoxy) is 1. The van der Waals surface area contributed by atoms with Crippen molar-refractivity contribution in [2.75, 3.05) is 0 Å². The molecule has 0 bridgehead atoms. The van der Waals surface area contributed by atoms with Crippen LogP contribution in [-0.2, 0) is 13.2 Å². The summed E-state index contributed by atoms with van der Waals surface area (Å²) in [6.07, 6.45) is 0. The van der Waals surface area contributed by atoms with Crippen LogP contribution in [0.25, 0.3) is 0 Å². The molecule has 2 rings (SSSR count). The van der Waals surface area contributed by atoms with E-state index in [9.17, 15) is 4.39 Å². The van der Waals surface area contributed by atoms with E-state index in [1.807, 2.05) is 13.0 Å². The Labute approximate surface area is 99.0 Å². The van der Waals surface area contributed by atoms with E-state index in [0.717, 1.165) is 11.3 Å². The van der Waals surface area contributed by atoms with Crippen LogP contribution in [0.3, 0.4) is 0 Å². The highest BCUT2D eigenvalue weighted by atomic mass is 19.1. The van der Waals surface area contributed by atoms with Gasteiger partial charge in [0, 0.05) is 0 Å². The van der Waals surface area contributed by atoms with Gasteiger partial charge < -0.3 is 14.9 Å². The summed E-state index contributed by atoms with van der Waals surface area (Å²) in [7, 11) is 0. The average molecular weight is 235 g/mol. The van der Waals surface area contributed by atoms with Crippen LogP contribution < -0.4 is 10.5 Å². The van der Waals surface area contributed by atoms with Gasteiger partial charge in [0.2, 0.25) is 0 Å². The number of halogens is 1. The van der Waals surface area contributed by atoms with Crippen LogP contribution in [0.4, 0.5) is 4.39 Å². The number of furan rings is 1. The molecule has 0 unspecified atom stereocenters. The molecule has 3 nitrogen and oxygen atoms in total. The molecule has 0 saturated heterocycles. The molecular weight excluding hydrogens is 221 g/mol. The first-order valence-electron chi connectivity index (χ1n) is 5.36. The Morgan fingerprint density at radius 2 is 2.12 bits per heavy atom. The van der Waals surface area contributed by atoms with Gasteiger partial charge in [-0.15, -0.1) is 0 Å². The van der Waals surface area contributed by atoms with Crippen molar-refractivity contribution in [3.05, 3.63) is 53.2 Å². The van der Waals surface area contributed by atoms with Gasteiger partial charge in [0.25, 0.3) is 0 Å². The fourth-order valence-electron chi connectivity index (χ4n) is 1.57. The molecule has 0 fully saturated rings. The molecule has 0 aliphatic carbocycles. The second-order valence-electron chi connectivity index (χ2n) is 3.74. The molecule has 4 heteroatoms. The normalized spacial score (nSPS) is 10.5. The first kappa shape index (κ1) is 11.7. The molecule has 0 atom stereocenters. The molecule has 0 aliphatic rings. The van der Waals surface area contributed by atoms with Crippen molar-refractivity contribution in [1.29, 1.82) is 0 Å². The zero-order valence-electron chi connectivity index (χ0n) is 9.57. The van der Waals surface area contributed by atoms with Gasteiger partial charge in [-0.05, 0) is 30.7 Å². The summed E-state index contributed by atoms with van der Waals surface area (Å²) in [5.74, 6) is 1.22. The Bertz CT molecular complexity index is 508. The summed E-state index contributed by atoms with van der Waals surface area (Å²) in [5, 5.41) is 0.